The number of ether oxygens (including phenoxy) is 2. The molecule has 0 spiro atoms. The van der Waals surface area contributed by atoms with E-state index in [9.17, 15) is 8.42 Å². The summed E-state index contributed by atoms with van der Waals surface area (Å²) in [7, 11) is 2.59. The lowest BCUT2D eigenvalue weighted by Crippen LogP contribution is -2.39. The van der Waals surface area contributed by atoms with E-state index < -0.39 is 16.3 Å². The van der Waals surface area contributed by atoms with Gasteiger partial charge in [0, 0.05) is 47.0 Å². The fourth-order valence-corrected chi connectivity index (χ4v) is 5.62. The lowest BCUT2D eigenvalue weighted by atomic mass is 9.92. The topological polar surface area (TPSA) is 81.8 Å². The predicted octanol–water partition coefficient (Wildman–Crippen LogP) is 2.89. The van der Waals surface area contributed by atoms with Crippen molar-refractivity contribution in [3.05, 3.63) is 29.0 Å². The summed E-state index contributed by atoms with van der Waals surface area (Å²) < 4.78 is 41.6. The molecule has 2 aromatic rings. The molecule has 1 aliphatic rings. The van der Waals surface area contributed by atoms with Gasteiger partial charge >= 0.3 is 0 Å². The molecule has 0 N–H and O–H groups in total. The van der Waals surface area contributed by atoms with E-state index >= 15 is 0 Å². The summed E-state index contributed by atoms with van der Waals surface area (Å²) in [6.45, 7) is 7.43. The lowest BCUT2D eigenvalue weighted by Gasteiger charge is -2.34. The van der Waals surface area contributed by atoms with Crippen LogP contribution in [-0.4, -0.2) is 79.7 Å². The number of sulfonamides is 1. The van der Waals surface area contributed by atoms with Crippen LogP contribution >= 0.6 is 12.2 Å². The Morgan fingerprint density at radius 1 is 1.18 bits per heavy atom. The molecule has 0 radical (unpaired) electrons. The molecule has 0 aliphatic carbocycles. The molecular weight excluding hydrogens is 462 g/mol. The minimum Gasteiger partial charge on any atom is -0.354 e. The fraction of sp³-hybridized carbons (Fsp3) is 0.636. The maximum absolute atomic E-state index is 12.7. The van der Waals surface area contributed by atoms with Crippen molar-refractivity contribution in [2.45, 2.75) is 44.7 Å². The number of hydrogen-bond donors (Lipinski definition) is 0. The van der Waals surface area contributed by atoms with Gasteiger partial charge in [-0.25, -0.2) is 17.4 Å². The van der Waals surface area contributed by atoms with E-state index in [0.29, 0.717) is 41.2 Å². The standard InChI is InChI=1S/C22H35N5O4S2/c1-16-10-17(2)13-25(12-16)15-27-22(32)26(14-20(30-5)31-6)21(23-27)18-8-7-9-19(11-18)33(28,29)24(3)4/h7-9,11,16-17,20H,10,12-15H2,1-6H3/t16-,17-/m1/s1. The van der Waals surface area contributed by atoms with Crippen molar-refractivity contribution in [3.8, 4) is 11.4 Å². The lowest BCUT2D eigenvalue weighted by molar-refractivity contribution is -0.111. The molecule has 0 unspecified atom stereocenters. The summed E-state index contributed by atoms with van der Waals surface area (Å²) in [5, 5.41) is 4.83. The third kappa shape index (κ3) is 5.90. The minimum absolute atomic E-state index is 0.200. The number of piperidine rings is 1. The number of methoxy groups -OCH3 is 2. The van der Waals surface area contributed by atoms with Gasteiger partial charge in [0.15, 0.2) is 16.9 Å². The molecule has 0 amide bonds. The van der Waals surface area contributed by atoms with Gasteiger partial charge < -0.3 is 9.47 Å². The first-order chi connectivity index (χ1) is 15.6. The molecule has 1 aromatic heterocycles. The van der Waals surface area contributed by atoms with Crippen molar-refractivity contribution in [3.63, 3.8) is 0 Å². The van der Waals surface area contributed by atoms with Crippen LogP contribution in [0.15, 0.2) is 29.2 Å². The molecule has 3 rings (SSSR count). The van der Waals surface area contributed by atoms with Crippen LogP contribution in [0, 0.1) is 16.6 Å². The van der Waals surface area contributed by atoms with Crippen molar-refractivity contribution in [2.24, 2.45) is 11.8 Å². The predicted molar refractivity (Wildman–Crippen MR) is 130 cm³/mol. The van der Waals surface area contributed by atoms with Crippen molar-refractivity contribution >= 4 is 22.2 Å². The van der Waals surface area contributed by atoms with E-state index in [-0.39, 0.29) is 4.90 Å². The molecule has 1 saturated heterocycles. The van der Waals surface area contributed by atoms with Crippen LogP contribution in [0.25, 0.3) is 11.4 Å². The van der Waals surface area contributed by atoms with Crippen molar-refractivity contribution in [1.29, 1.82) is 0 Å². The van der Waals surface area contributed by atoms with Crippen LogP contribution in [0.5, 0.6) is 0 Å². The highest BCUT2D eigenvalue weighted by atomic mass is 32.2. The van der Waals surface area contributed by atoms with Crippen molar-refractivity contribution in [1.82, 2.24) is 23.6 Å². The van der Waals surface area contributed by atoms with Gasteiger partial charge in [-0.05, 0) is 42.6 Å². The Morgan fingerprint density at radius 3 is 2.39 bits per heavy atom. The maximum Gasteiger partial charge on any atom is 0.242 e. The van der Waals surface area contributed by atoms with Gasteiger partial charge in [0.25, 0.3) is 0 Å². The zero-order chi connectivity index (χ0) is 24.3. The molecule has 33 heavy (non-hydrogen) atoms. The number of nitrogens with zero attached hydrogens (tertiary/aromatic N) is 5. The molecule has 11 heteroatoms. The second kappa shape index (κ2) is 10.7. The summed E-state index contributed by atoms with van der Waals surface area (Å²) in [5.74, 6) is 1.81. The van der Waals surface area contributed by atoms with E-state index in [2.05, 4.69) is 18.7 Å². The Morgan fingerprint density at radius 2 is 1.82 bits per heavy atom. The molecular formula is C22H35N5O4S2. The van der Waals surface area contributed by atoms with Gasteiger partial charge in [0.05, 0.1) is 18.1 Å². The largest absolute Gasteiger partial charge is 0.354 e. The quantitative estimate of drug-likeness (QED) is 0.389. The summed E-state index contributed by atoms with van der Waals surface area (Å²) in [4.78, 5) is 2.57. The first-order valence-electron chi connectivity index (χ1n) is 11.0. The van der Waals surface area contributed by atoms with E-state index in [1.54, 1.807) is 32.4 Å². The van der Waals surface area contributed by atoms with Crippen LogP contribution < -0.4 is 0 Å². The van der Waals surface area contributed by atoms with Crippen molar-refractivity contribution in [2.75, 3.05) is 41.4 Å². The molecule has 184 valence electrons. The van der Waals surface area contributed by atoms with Gasteiger partial charge in [-0.2, -0.15) is 5.10 Å². The smallest absolute Gasteiger partial charge is 0.242 e. The van der Waals surface area contributed by atoms with Gasteiger partial charge in [0.1, 0.15) is 0 Å². The zero-order valence-electron chi connectivity index (χ0n) is 20.3. The number of rotatable bonds is 9. The highest BCUT2D eigenvalue weighted by Gasteiger charge is 2.25. The SMILES string of the molecule is COC(Cn1c(-c2cccc(S(=O)(=O)N(C)C)c2)nn(CN2C[C@H](C)C[C@@H](C)C2)c1=S)OC. The molecule has 1 aliphatic heterocycles. The summed E-state index contributed by atoms with van der Waals surface area (Å²) >= 11 is 5.80. The molecule has 0 bridgehead atoms. The summed E-state index contributed by atoms with van der Waals surface area (Å²) in [5.41, 5.74) is 0.661. The third-order valence-electron chi connectivity index (χ3n) is 5.93. The monoisotopic (exact) mass is 497 g/mol. The van der Waals surface area contributed by atoms with Gasteiger partial charge in [-0.3, -0.25) is 9.47 Å². The van der Waals surface area contributed by atoms with E-state index in [1.165, 1.54) is 24.8 Å². The van der Waals surface area contributed by atoms with Crippen LogP contribution in [0.2, 0.25) is 0 Å². The Bertz CT molecular complexity index is 1100. The fourth-order valence-electron chi connectivity index (χ4n) is 4.41. The molecule has 2 atom stereocenters. The molecule has 1 fully saturated rings. The average molecular weight is 498 g/mol. The summed E-state index contributed by atoms with van der Waals surface area (Å²) in [6.07, 6.45) is 0.703. The first kappa shape index (κ1) is 26.0. The Hall–Kier alpha value is -1.63. The summed E-state index contributed by atoms with van der Waals surface area (Å²) in [6, 6.07) is 6.77. The molecule has 0 saturated carbocycles. The number of likely N-dealkylation sites (tertiary alicyclic amines) is 1. The Labute approximate surface area is 201 Å². The number of hydrogen-bond acceptors (Lipinski definition) is 7. The average Bonchev–Trinajstić information content (AvgIpc) is 3.06. The van der Waals surface area contributed by atoms with E-state index in [1.807, 2.05) is 15.3 Å². The van der Waals surface area contributed by atoms with Crippen LogP contribution in [0.3, 0.4) is 0 Å². The van der Waals surface area contributed by atoms with Gasteiger partial charge in [-0.15, -0.1) is 0 Å². The van der Waals surface area contributed by atoms with E-state index in [0.717, 1.165) is 13.1 Å². The molecule has 1 aromatic carbocycles. The van der Waals surface area contributed by atoms with Crippen LogP contribution in [-0.2, 0) is 32.7 Å². The number of benzene rings is 1. The second-order valence-electron chi connectivity index (χ2n) is 9.06. The number of aromatic nitrogens is 3. The maximum atomic E-state index is 12.7. The van der Waals surface area contributed by atoms with Crippen molar-refractivity contribution < 1.29 is 17.9 Å². The zero-order valence-corrected chi connectivity index (χ0v) is 21.9. The minimum atomic E-state index is -3.59. The normalized spacial score (nSPS) is 20.1. The van der Waals surface area contributed by atoms with Gasteiger partial charge in [0.2, 0.25) is 10.0 Å². The molecule has 2 heterocycles. The Balaban J connectivity index is 2.05. The highest BCUT2D eigenvalue weighted by Crippen LogP contribution is 2.25. The first-order valence-corrected chi connectivity index (χ1v) is 12.9. The second-order valence-corrected chi connectivity index (χ2v) is 11.6. The van der Waals surface area contributed by atoms with Crippen LogP contribution in [0.1, 0.15) is 20.3 Å². The Kier molecular flexibility index (Phi) is 8.46. The van der Waals surface area contributed by atoms with Gasteiger partial charge in [-0.1, -0.05) is 26.0 Å². The highest BCUT2D eigenvalue weighted by molar-refractivity contribution is 7.89. The molecule has 9 nitrogen and oxygen atoms in total. The van der Waals surface area contributed by atoms with Crippen LogP contribution in [0.4, 0.5) is 0 Å². The van der Waals surface area contributed by atoms with E-state index in [4.69, 9.17) is 26.8 Å². The third-order valence-corrected chi connectivity index (χ3v) is 8.17.